The first-order valence-corrected chi connectivity index (χ1v) is 6.78. The van der Waals surface area contributed by atoms with Crippen LogP contribution < -0.4 is 5.73 Å². The SMILES string of the molecule is CC1CN(Cc2ccc(C(N)=S)cc2)CCCO1. The third-order valence-corrected chi connectivity index (χ3v) is 3.42. The molecule has 0 amide bonds. The van der Waals surface area contributed by atoms with Crippen molar-refractivity contribution in [3.63, 3.8) is 0 Å². The van der Waals surface area contributed by atoms with Crippen LogP contribution in [0.5, 0.6) is 0 Å². The first-order valence-electron chi connectivity index (χ1n) is 6.38. The van der Waals surface area contributed by atoms with Crippen LogP contribution in [0.3, 0.4) is 0 Å². The van der Waals surface area contributed by atoms with Gasteiger partial charge in [0.1, 0.15) is 4.99 Å². The summed E-state index contributed by atoms with van der Waals surface area (Å²) in [6.07, 6.45) is 1.43. The van der Waals surface area contributed by atoms with Crippen molar-refractivity contribution in [2.75, 3.05) is 19.7 Å². The van der Waals surface area contributed by atoms with Gasteiger partial charge in [-0.3, -0.25) is 4.90 Å². The molecule has 0 aliphatic carbocycles. The third-order valence-electron chi connectivity index (χ3n) is 3.18. The molecule has 1 saturated heterocycles. The number of hydrogen-bond donors (Lipinski definition) is 1. The normalized spacial score (nSPS) is 21.5. The Morgan fingerprint density at radius 3 is 2.83 bits per heavy atom. The lowest BCUT2D eigenvalue weighted by molar-refractivity contribution is 0.0668. The molecule has 1 aromatic carbocycles. The van der Waals surface area contributed by atoms with Crippen molar-refractivity contribution in [1.82, 2.24) is 4.90 Å². The van der Waals surface area contributed by atoms with Crippen LogP contribution in [0.4, 0.5) is 0 Å². The summed E-state index contributed by atoms with van der Waals surface area (Å²) in [5.41, 5.74) is 7.82. The van der Waals surface area contributed by atoms with Crippen LogP contribution in [0.15, 0.2) is 24.3 Å². The molecule has 1 aromatic rings. The van der Waals surface area contributed by atoms with Gasteiger partial charge in [0.25, 0.3) is 0 Å². The van der Waals surface area contributed by atoms with Crippen LogP contribution >= 0.6 is 12.2 Å². The summed E-state index contributed by atoms with van der Waals surface area (Å²) in [6.45, 7) is 6.07. The minimum atomic E-state index is 0.323. The highest BCUT2D eigenvalue weighted by Gasteiger charge is 2.14. The van der Waals surface area contributed by atoms with Gasteiger partial charge in [0.15, 0.2) is 0 Å². The molecule has 0 spiro atoms. The first kappa shape index (κ1) is 13.5. The first-order chi connectivity index (χ1) is 8.65. The van der Waals surface area contributed by atoms with E-state index < -0.39 is 0 Å². The molecular formula is C14H20N2OS. The number of nitrogens with zero attached hydrogens (tertiary/aromatic N) is 1. The third kappa shape index (κ3) is 3.77. The minimum absolute atomic E-state index is 0.323. The van der Waals surface area contributed by atoms with Crippen molar-refractivity contribution in [3.8, 4) is 0 Å². The molecular weight excluding hydrogens is 244 g/mol. The largest absolute Gasteiger partial charge is 0.389 e. The highest BCUT2D eigenvalue weighted by molar-refractivity contribution is 7.80. The zero-order chi connectivity index (χ0) is 13.0. The van der Waals surface area contributed by atoms with E-state index in [1.54, 1.807) is 0 Å². The number of thiocarbonyl (C=S) groups is 1. The fourth-order valence-corrected chi connectivity index (χ4v) is 2.39. The topological polar surface area (TPSA) is 38.5 Å². The van der Waals surface area contributed by atoms with Crippen LogP contribution in [-0.4, -0.2) is 35.7 Å². The summed E-state index contributed by atoms with van der Waals surface area (Å²) >= 11 is 4.95. The molecule has 2 rings (SSSR count). The Balaban J connectivity index is 1.97. The van der Waals surface area contributed by atoms with E-state index in [0.717, 1.165) is 38.2 Å². The lowest BCUT2D eigenvalue weighted by atomic mass is 10.1. The predicted molar refractivity (Wildman–Crippen MR) is 77.6 cm³/mol. The summed E-state index contributed by atoms with van der Waals surface area (Å²) in [6, 6.07) is 8.20. The maximum absolute atomic E-state index is 5.65. The highest BCUT2D eigenvalue weighted by Crippen LogP contribution is 2.11. The van der Waals surface area contributed by atoms with Crippen LogP contribution in [-0.2, 0) is 11.3 Å². The zero-order valence-electron chi connectivity index (χ0n) is 10.8. The van der Waals surface area contributed by atoms with Gasteiger partial charge in [-0.25, -0.2) is 0 Å². The van der Waals surface area contributed by atoms with E-state index >= 15 is 0 Å². The second kappa shape index (κ2) is 6.27. The molecule has 1 aliphatic rings. The van der Waals surface area contributed by atoms with Gasteiger partial charge in [-0.1, -0.05) is 36.5 Å². The highest BCUT2D eigenvalue weighted by atomic mass is 32.1. The number of hydrogen-bond acceptors (Lipinski definition) is 3. The summed E-state index contributed by atoms with van der Waals surface area (Å²) < 4.78 is 5.65. The number of ether oxygens (including phenoxy) is 1. The quantitative estimate of drug-likeness (QED) is 0.847. The molecule has 98 valence electrons. The second-order valence-corrected chi connectivity index (χ2v) is 5.27. The Morgan fingerprint density at radius 1 is 1.44 bits per heavy atom. The average Bonchev–Trinajstić information content (AvgIpc) is 2.54. The van der Waals surface area contributed by atoms with Crippen LogP contribution in [0.25, 0.3) is 0 Å². The predicted octanol–water partition coefficient (Wildman–Crippen LogP) is 1.93. The molecule has 3 nitrogen and oxygen atoms in total. The van der Waals surface area contributed by atoms with Crippen LogP contribution in [0.1, 0.15) is 24.5 Å². The maximum Gasteiger partial charge on any atom is 0.103 e. The van der Waals surface area contributed by atoms with Gasteiger partial charge in [-0.05, 0) is 18.9 Å². The molecule has 0 saturated carbocycles. The molecule has 2 N–H and O–H groups in total. The van der Waals surface area contributed by atoms with Gasteiger partial charge in [0.2, 0.25) is 0 Å². The van der Waals surface area contributed by atoms with Crippen molar-refractivity contribution in [2.45, 2.75) is 26.0 Å². The average molecular weight is 264 g/mol. The van der Waals surface area contributed by atoms with E-state index in [2.05, 4.69) is 24.0 Å². The second-order valence-electron chi connectivity index (χ2n) is 4.83. The zero-order valence-corrected chi connectivity index (χ0v) is 11.6. The monoisotopic (exact) mass is 264 g/mol. The molecule has 0 aromatic heterocycles. The molecule has 1 fully saturated rings. The molecule has 1 heterocycles. The van der Waals surface area contributed by atoms with Gasteiger partial charge < -0.3 is 10.5 Å². The lowest BCUT2D eigenvalue weighted by Crippen LogP contribution is -2.29. The van der Waals surface area contributed by atoms with E-state index in [1.165, 1.54) is 5.56 Å². The molecule has 1 aliphatic heterocycles. The standard InChI is InChI=1S/C14H20N2OS/c1-11-9-16(7-2-8-17-11)10-12-3-5-13(6-4-12)14(15)18/h3-6,11H,2,7-10H2,1H3,(H2,15,18). The lowest BCUT2D eigenvalue weighted by Gasteiger charge is -2.21. The molecule has 1 unspecified atom stereocenters. The van der Waals surface area contributed by atoms with E-state index in [-0.39, 0.29) is 0 Å². The van der Waals surface area contributed by atoms with E-state index in [1.807, 2.05) is 12.1 Å². The molecule has 0 radical (unpaired) electrons. The van der Waals surface area contributed by atoms with Gasteiger partial charge in [-0.2, -0.15) is 0 Å². The van der Waals surface area contributed by atoms with Crippen LogP contribution in [0, 0.1) is 0 Å². The number of benzene rings is 1. The number of nitrogens with two attached hydrogens (primary N) is 1. The molecule has 1 atom stereocenters. The van der Waals surface area contributed by atoms with Crippen molar-refractivity contribution in [3.05, 3.63) is 35.4 Å². The van der Waals surface area contributed by atoms with Crippen LogP contribution in [0.2, 0.25) is 0 Å². The van der Waals surface area contributed by atoms with E-state index in [0.29, 0.717) is 11.1 Å². The van der Waals surface area contributed by atoms with Crippen molar-refractivity contribution in [1.29, 1.82) is 0 Å². The van der Waals surface area contributed by atoms with Gasteiger partial charge in [0, 0.05) is 31.8 Å². The fraction of sp³-hybridized carbons (Fsp3) is 0.500. The Kier molecular flexibility index (Phi) is 4.69. The summed E-state index contributed by atoms with van der Waals surface area (Å²) in [4.78, 5) is 2.89. The van der Waals surface area contributed by atoms with Crippen molar-refractivity contribution < 1.29 is 4.74 Å². The fourth-order valence-electron chi connectivity index (χ4n) is 2.26. The van der Waals surface area contributed by atoms with Gasteiger partial charge in [-0.15, -0.1) is 0 Å². The Labute approximate surface area is 114 Å². The molecule has 18 heavy (non-hydrogen) atoms. The molecule has 4 heteroatoms. The minimum Gasteiger partial charge on any atom is -0.389 e. The van der Waals surface area contributed by atoms with Gasteiger partial charge in [0.05, 0.1) is 6.10 Å². The Morgan fingerprint density at radius 2 is 2.17 bits per heavy atom. The maximum atomic E-state index is 5.65. The smallest absolute Gasteiger partial charge is 0.103 e. The summed E-state index contributed by atoms with van der Waals surface area (Å²) in [5, 5.41) is 0. The Bertz CT molecular complexity index is 405. The van der Waals surface area contributed by atoms with Crippen molar-refractivity contribution >= 4 is 17.2 Å². The van der Waals surface area contributed by atoms with Gasteiger partial charge >= 0.3 is 0 Å². The summed E-state index contributed by atoms with van der Waals surface area (Å²) in [7, 11) is 0. The van der Waals surface area contributed by atoms with Crippen molar-refractivity contribution in [2.24, 2.45) is 5.73 Å². The molecule has 0 bridgehead atoms. The summed E-state index contributed by atoms with van der Waals surface area (Å²) in [5.74, 6) is 0. The van der Waals surface area contributed by atoms with E-state index in [9.17, 15) is 0 Å². The Hall–Kier alpha value is -0.970. The van der Waals surface area contributed by atoms with E-state index in [4.69, 9.17) is 22.7 Å². The number of rotatable bonds is 3.